The molecule has 3 heterocycles. The van der Waals surface area contributed by atoms with E-state index in [-0.39, 0.29) is 29.0 Å². The summed E-state index contributed by atoms with van der Waals surface area (Å²) in [4.78, 5) is 15.3. The van der Waals surface area contributed by atoms with Gasteiger partial charge in [-0.15, -0.1) is 0 Å². The monoisotopic (exact) mass is 441 g/mol. The molecule has 1 spiro atoms. The van der Waals surface area contributed by atoms with Crippen molar-refractivity contribution in [2.24, 2.45) is 23.2 Å². The zero-order chi connectivity index (χ0) is 21.2. The number of carbonyl (C=O) groups excluding carboxylic acids is 1. The van der Waals surface area contributed by atoms with Crippen LogP contribution in [-0.4, -0.2) is 48.8 Å². The summed E-state index contributed by atoms with van der Waals surface area (Å²) in [5.41, 5.74) is 3.02. The van der Waals surface area contributed by atoms with Gasteiger partial charge < -0.3 is 9.47 Å². The summed E-state index contributed by atoms with van der Waals surface area (Å²) in [6, 6.07) is 8.11. The van der Waals surface area contributed by atoms with E-state index in [9.17, 15) is 4.79 Å². The Morgan fingerprint density at radius 2 is 2.03 bits per heavy atom. The minimum absolute atomic E-state index is 0.0118. The van der Waals surface area contributed by atoms with Crippen LogP contribution in [0.5, 0.6) is 0 Å². The molecule has 1 aromatic carbocycles. The first-order valence-electron chi connectivity index (χ1n) is 12.0. The second-order valence-electron chi connectivity index (χ2n) is 10.8. The molecule has 166 valence electrons. The minimum Gasteiger partial charge on any atom is -0.462 e. The van der Waals surface area contributed by atoms with Gasteiger partial charge >= 0.3 is 5.97 Å². The molecule has 0 bridgehead atoms. The molecule has 0 amide bonds. The number of rotatable bonds is 3. The third-order valence-corrected chi connectivity index (χ3v) is 9.29. The summed E-state index contributed by atoms with van der Waals surface area (Å²) in [6.07, 6.45) is 9.25. The van der Waals surface area contributed by atoms with Crippen LogP contribution in [0.15, 0.2) is 30.3 Å². The Labute approximate surface area is 189 Å². The van der Waals surface area contributed by atoms with Crippen LogP contribution >= 0.6 is 11.6 Å². The highest BCUT2D eigenvalue weighted by atomic mass is 35.5. The van der Waals surface area contributed by atoms with Crippen molar-refractivity contribution < 1.29 is 14.3 Å². The highest BCUT2D eigenvalue weighted by Crippen LogP contribution is 2.62. The van der Waals surface area contributed by atoms with Crippen LogP contribution in [-0.2, 0) is 14.3 Å². The molecule has 31 heavy (non-hydrogen) atoms. The Balaban J connectivity index is 1.15. The number of ether oxygens (including phenoxy) is 2. The van der Waals surface area contributed by atoms with Crippen molar-refractivity contribution in [2.75, 3.05) is 26.2 Å². The lowest BCUT2D eigenvalue weighted by Crippen LogP contribution is -2.51. The van der Waals surface area contributed by atoms with Crippen LogP contribution in [0, 0.1) is 23.2 Å². The van der Waals surface area contributed by atoms with Crippen LogP contribution in [0.2, 0.25) is 5.02 Å². The lowest BCUT2D eigenvalue weighted by Gasteiger charge is -2.51. The molecule has 5 aliphatic rings. The number of fused-ring (bicyclic) bond motifs is 3. The Kier molecular flexibility index (Phi) is 4.79. The van der Waals surface area contributed by atoms with Gasteiger partial charge in [0.2, 0.25) is 0 Å². The number of esters is 1. The van der Waals surface area contributed by atoms with E-state index in [1.807, 2.05) is 12.1 Å². The fourth-order valence-corrected chi connectivity index (χ4v) is 7.37. The topological polar surface area (TPSA) is 42.1 Å². The number of epoxide rings is 1. The van der Waals surface area contributed by atoms with Gasteiger partial charge in [0, 0.05) is 30.6 Å². The summed E-state index contributed by atoms with van der Waals surface area (Å²) in [5.74, 6) is 0.990. The summed E-state index contributed by atoms with van der Waals surface area (Å²) in [6.45, 7) is 6.05. The lowest BCUT2D eigenvalue weighted by atomic mass is 9.53. The van der Waals surface area contributed by atoms with Crippen LogP contribution < -0.4 is 0 Å². The van der Waals surface area contributed by atoms with Crippen LogP contribution in [0.3, 0.4) is 0 Å². The van der Waals surface area contributed by atoms with Gasteiger partial charge in [0.05, 0.1) is 18.1 Å². The van der Waals surface area contributed by atoms with Crippen molar-refractivity contribution in [2.45, 2.75) is 57.2 Å². The fourth-order valence-electron chi connectivity index (χ4n) is 7.25. The van der Waals surface area contributed by atoms with E-state index in [1.54, 1.807) is 0 Å². The van der Waals surface area contributed by atoms with Crippen LogP contribution in [0.25, 0.3) is 5.57 Å². The largest absolute Gasteiger partial charge is 0.462 e. The number of hydrogen-bond acceptors (Lipinski definition) is 4. The molecule has 3 unspecified atom stereocenters. The molecule has 0 aromatic heterocycles. The molecule has 4 nitrogen and oxygen atoms in total. The maximum absolute atomic E-state index is 12.9. The van der Waals surface area contributed by atoms with E-state index in [0.29, 0.717) is 11.8 Å². The van der Waals surface area contributed by atoms with Gasteiger partial charge in [0.15, 0.2) is 0 Å². The average Bonchev–Trinajstić information content (AvgIpc) is 3.46. The van der Waals surface area contributed by atoms with Gasteiger partial charge in [-0.1, -0.05) is 36.7 Å². The molecule has 6 atom stereocenters. The molecule has 4 fully saturated rings. The molecule has 2 saturated carbocycles. The van der Waals surface area contributed by atoms with E-state index in [4.69, 9.17) is 21.1 Å². The van der Waals surface area contributed by atoms with Crippen LogP contribution in [0.4, 0.5) is 0 Å². The first-order chi connectivity index (χ1) is 15.0. The summed E-state index contributed by atoms with van der Waals surface area (Å²) in [5, 5.41) is 0.774. The molecule has 5 heteroatoms. The highest BCUT2D eigenvalue weighted by molar-refractivity contribution is 6.30. The van der Waals surface area contributed by atoms with Crippen molar-refractivity contribution in [3.63, 3.8) is 0 Å². The van der Waals surface area contributed by atoms with Gasteiger partial charge in [-0.3, -0.25) is 9.69 Å². The zero-order valence-electron chi connectivity index (χ0n) is 18.3. The third kappa shape index (κ3) is 3.46. The van der Waals surface area contributed by atoms with Gasteiger partial charge in [0.1, 0.15) is 6.10 Å². The van der Waals surface area contributed by atoms with Crippen molar-refractivity contribution in [3.05, 3.63) is 40.9 Å². The second-order valence-corrected chi connectivity index (χ2v) is 11.3. The lowest BCUT2D eigenvalue weighted by molar-refractivity contribution is -0.147. The molecule has 0 N–H and O–H groups in total. The Morgan fingerprint density at radius 3 is 2.74 bits per heavy atom. The molecule has 0 radical (unpaired) electrons. The molecular formula is C26H32ClNO3. The molecular weight excluding hydrogens is 410 g/mol. The third-order valence-electron chi connectivity index (χ3n) is 9.04. The van der Waals surface area contributed by atoms with Gasteiger partial charge in [0.25, 0.3) is 0 Å². The Hall–Kier alpha value is -1.36. The summed E-state index contributed by atoms with van der Waals surface area (Å²) in [7, 11) is 0. The smallest absolute Gasteiger partial charge is 0.310 e. The van der Waals surface area contributed by atoms with Gasteiger partial charge in [-0.2, -0.15) is 0 Å². The van der Waals surface area contributed by atoms with Crippen LogP contribution in [0.1, 0.15) is 51.0 Å². The minimum atomic E-state index is 0.0118. The van der Waals surface area contributed by atoms with Crippen molar-refractivity contribution >= 4 is 23.1 Å². The van der Waals surface area contributed by atoms with E-state index in [2.05, 4.69) is 30.0 Å². The average molecular weight is 442 g/mol. The molecule has 2 aliphatic carbocycles. The quantitative estimate of drug-likeness (QED) is 0.491. The van der Waals surface area contributed by atoms with Gasteiger partial charge in [-0.25, -0.2) is 0 Å². The van der Waals surface area contributed by atoms with E-state index < -0.39 is 0 Å². The fraction of sp³-hybridized carbons (Fsp3) is 0.654. The standard InChI is InChI=1S/C26H32ClNO3/c1-25-9-2-10-26(16-30-26)23(25)13-20-21(24(29)31-22(20)14-25)15-28-11-7-18(8-12-28)17-3-5-19(27)6-4-17/h3-7,20-23H,2,8-16H2,1H3/t20-,21?,22-,23?,25-,26?/m1/s1. The van der Waals surface area contributed by atoms with E-state index in [0.717, 1.165) is 50.5 Å². The predicted molar refractivity (Wildman–Crippen MR) is 121 cm³/mol. The number of benzene rings is 1. The number of carbonyl (C=O) groups is 1. The van der Waals surface area contributed by atoms with Crippen molar-refractivity contribution in [1.82, 2.24) is 4.90 Å². The Bertz CT molecular complexity index is 908. The number of hydrogen-bond donors (Lipinski definition) is 0. The molecule has 2 saturated heterocycles. The molecule has 3 aliphatic heterocycles. The number of nitrogens with zero attached hydrogens (tertiary/aromatic N) is 1. The van der Waals surface area contributed by atoms with E-state index >= 15 is 0 Å². The second kappa shape index (κ2) is 7.33. The SMILES string of the molecule is C[C@]12CCCC3(CO3)C1C[C@@H]1C(CN3CC=C(c4ccc(Cl)cc4)CC3)C(=O)O[C@@H]1C2. The van der Waals surface area contributed by atoms with E-state index in [1.165, 1.54) is 30.4 Å². The Morgan fingerprint density at radius 1 is 1.23 bits per heavy atom. The number of halogens is 1. The molecule has 6 rings (SSSR count). The zero-order valence-corrected chi connectivity index (χ0v) is 19.1. The summed E-state index contributed by atoms with van der Waals surface area (Å²) < 4.78 is 12.0. The maximum Gasteiger partial charge on any atom is 0.310 e. The maximum atomic E-state index is 12.9. The van der Waals surface area contributed by atoms with Crippen molar-refractivity contribution in [3.8, 4) is 0 Å². The first-order valence-corrected chi connectivity index (χ1v) is 12.4. The normalized spacial score (nSPS) is 42.0. The van der Waals surface area contributed by atoms with Crippen molar-refractivity contribution in [1.29, 1.82) is 0 Å². The summed E-state index contributed by atoms with van der Waals surface area (Å²) >= 11 is 6.03. The predicted octanol–water partition coefficient (Wildman–Crippen LogP) is 4.96. The first kappa shape index (κ1) is 20.3. The highest BCUT2D eigenvalue weighted by Gasteiger charge is 2.65. The molecule has 1 aromatic rings. The van der Waals surface area contributed by atoms with Gasteiger partial charge in [-0.05, 0) is 73.1 Å².